The van der Waals surface area contributed by atoms with Gasteiger partial charge in [-0.3, -0.25) is 0 Å². The summed E-state index contributed by atoms with van der Waals surface area (Å²) in [6.07, 6.45) is 2.88. The summed E-state index contributed by atoms with van der Waals surface area (Å²) < 4.78 is 0. The molecule has 0 rings (SSSR count). The first-order valence-electron chi connectivity index (χ1n) is 3.06. The van der Waals surface area contributed by atoms with Crippen molar-refractivity contribution in [3.05, 3.63) is 23.3 Å². The highest BCUT2D eigenvalue weighted by Crippen LogP contribution is 1.95. The van der Waals surface area contributed by atoms with Crippen LogP contribution in [0.4, 0.5) is 0 Å². The molecule has 3 heteroatoms. The Labute approximate surface area is 65.3 Å². The van der Waals surface area contributed by atoms with Gasteiger partial charge >= 0.3 is 5.97 Å². The number of nitrogens with zero attached hydrogens (tertiary/aromatic N) is 1. The third-order valence-corrected chi connectivity index (χ3v) is 1.10. The zero-order valence-electron chi connectivity index (χ0n) is 6.46. The highest BCUT2D eigenvalue weighted by Gasteiger charge is 1.95. The standard InChI is InChI=1S/C8H9NO2/c1-6(5-9)3-4-7(2)8(10)11/h3-4H,1-2H3,(H,10,11)/b6-3+,7-4+. The number of carboxylic acid groups (broad SMARTS) is 1. The summed E-state index contributed by atoms with van der Waals surface area (Å²) in [5.74, 6) is -0.966. The van der Waals surface area contributed by atoms with Gasteiger partial charge in [0.15, 0.2) is 0 Å². The number of carboxylic acids is 1. The molecule has 0 atom stereocenters. The van der Waals surface area contributed by atoms with E-state index in [2.05, 4.69) is 0 Å². The predicted octanol–water partition coefficient (Wildman–Crippen LogP) is 1.49. The zero-order valence-corrected chi connectivity index (χ0v) is 6.46. The average Bonchev–Trinajstić information content (AvgIpc) is 1.99. The third-order valence-electron chi connectivity index (χ3n) is 1.10. The van der Waals surface area contributed by atoms with Crippen LogP contribution in [0.15, 0.2) is 23.3 Å². The lowest BCUT2D eigenvalue weighted by atomic mass is 10.2. The molecule has 58 valence electrons. The van der Waals surface area contributed by atoms with Gasteiger partial charge in [0.2, 0.25) is 0 Å². The van der Waals surface area contributed by atoms with Crippen molar-refractivity contribution in [3.63, 3.8) is 0 Å². The van der Waals surface area contributed by atoms with Crippen LogP contribution in [0, 0.1) is 11.3 Å². The molecule has 0 aliphatic carbocycles. The fourth-order valence-corrected chi connectivity index (χ4v) is 0.359. The first kappa shape index (κ1) is 9.44. The molecule has 1 N–H and O–H groups in total. The lowest BCUT2D eigenvalue weighted by Crippen LogP contribution is -1.94. The van der Waals surface area contributed by atoms with Crippen LogP contribution in [0.2, 0.25) is 0 Å². The molecule has 0 spiro atoms. The van der Waals surface area contributed by atoms with Crippen molar-refractivity contribution < 1.29 is 9.90 Å². The second kappa shape index (κ2) is 4.29. The molecule has 0 fully saturated rings. The van der Waals surface area contributed by atoms with Crippen LogP contribution in [0.25, 0.3) is 0 Å². The second-order valence-corrected chi connectivity index (χ2v) is 2.12. The van der Waals surface area contributed by atoms with E-state index in [1.54, 1.807) is 6.92 Å². The van der Waals surface area contributed by atoms with Crippen LogP contribution in [0.5, 0.6) is 0 Å². The molecule has 0 aromatic heterocycles. The Bertz CT molecular complexity index is 256. The summed E-state index contributed by atoms with van der Waals surface area (Å²) in [6.45, 7) is 3.09. The molecule has 11 heavy (non-hydrogen) atoms. The quantitative estimate of drug-likeness (QED) is 0.369. The predicted molar refractivity (Wildman–Crippen MR) is 40.8 cm³/mol. The van der Waals surface area contributed by atoms with Crippen molar-refractivity contribution in [1.82, 2.24) is 0 Å². The molecular formula is C8H9NO2. The Morgan fingerprint density at radius 3 is 2.36 bits per heavy atom. The monoisotopic (exact) mass is 151 g/mol. The Hall–Kier alpha value is -1.56. The van der Waals surface area contributed by atoms with Gasteiger partial charge < -0.3 is 5.11 Å². The fourth-order valence-electron chi connectivity index (χ4n) is 0.359. The van der Waals surface area contributed by atoms with Gasteiger partial charge in [-0.15, -0.1) is 0 Å². The molecule has 0 aromatic carbocycles. The summed E-state index contributed by atoms with van der Waals surface area (Å²) in [7, 11) is 0. The van der Waals surface area contributed by atoms with Gasteiger partial charge in [0.1, 0.15) is 0 Å². The van der Waals surface area contributed by atoms with Gasteiger partial charge in [0.25, 0.3) is 0 Å². The van der Waals surface area contributed by atoms with Crippen molar-refractivity contribution in [1.29, 1.82) is 5.26 Å². The Morgan fingerprint density at radius 2 is 2.00 bits per heavy atom. The van der Waals surface area contributed by atoms with Crippen LogP contribution < -0.4 is 0 Å². The molecule has 0 saturated carbocycles. The van der Waals surface area contributed by atoms with Crippen LogP contribution >= 0.6 is 0 Å². The number of hydrogen-bond acceptors (Lipinski definition) is 2. The molecule has 0 aliphatic rings. The molecule has 0 saturated heterocycles. The molecule has 3 nitrogen and oxygen atoms in total. The van der Waals surface area contributed by atoms with Crippen LogP contribution in [-0.4, -0.2) is 11.1 Å². The lowest BCUT2D eigenvalue weighted by molar-refractivity contribution is -0.132. The zero-order chi connectivity index (χ0) is 8.85. The number of rotatable bonds is 2. The maximum absolute atomic E-state index is 10.2. The molecular weight excluding hydrogens is 142 g/mol. The van der Waals surface area contributed by atoms with E-state index in [0.29, 0.717) is 5.57 Å². The molecule has 0 heterocycles. The summed E-state index contributed by atoms with van der Waals surface area (Å²) in [4.78, 5) is 10.2. The second-order valence-electron chi connectivity index (χ2n) is 2.12. The smallest absolute Gasteiger partial charge is 0.331 e. The molecule has 0 unspecified atom stereocenters. The summed E-state index contributed by atoms with van der Waals surface area (Å²) in [5, 5.41) is 16.7. The van der Waals surface area contributed by atoms with Gasteiger partial charge in [-0.25, -0.2) is 4.79 Å². The number of hydrogen-bond donors (Lipinski definition) is 1. The topological polar surface area (TPSA) is 61.1 Å². The minimum atomic E-state index is -0.966. The highest BCUT2D eigenvalue weighted by molar-refractivity contribution is 5.86. The molecule has 0 aliphatic heterocycles. The summed E-state index contributed by atoms with van der Waals surface area (Å²) >= 11 is 0. The van der Waals surface area contributed by atoms with E-state index in [1.807, 2.05) is 6.07 Å². The Balaban J connectivity index is 4.38. The van der Waals surface area contributed by atoms with Crippen molar-refractivity contribution in [2.75, 3.05) is 0 Å². The lowest BCUT2D eigenvalue weighted by Gasteiger charge is -1.87. The van der Waals surface area contributed by atoms with Crippen molar-refractivity contribution in [3.8, 4) is 6.07 Å². The minimum absolute atomic E-state index is 0.222. The van der Waals surface area contributed by atoms with Crippen molar-refractivity contribution >= 4 is 5.97 Å². The normalized spacial score (nSPS) is 12.5. The van der Waals surface area contributed by atoms with Crippen molar-refractivity contribution in [2.45, 2.75) is 13.8 Å². The first-order valence-corrected chi connectivity index (χ1v) is 3.06. The van der Waals surface area contributed by atoms with Gasteiger partial charge in [-0.2, -0.15) is 5.26 Å². The van der Waals surface area contributed by atoms with Crippen LogP contribution in [0.3, 0.4) is 0 Å². The van der Waals surface area contributed by atoms with Gasteiger partial charge in [0.05, 0.1) is 6.07 Å². The first-order chi connectivity index (χ1) is 5.07. The SMILES string of the molecule is C/C(C#N)=C\C=C(/C)C(=O)O. The molecule has 0 aromatic rings. The number of aliphatic carboxylic acids is 1. The van der Waals surface area contributed by atoms with E-state index in [0.717, 1.165) is 0 Å². The maximum Gasteiger partial charge on any atom is 0.331 e. The number of nitriles is 1. The minimum Gasteiger partial charge on any atom is -0.478 e. The molecule has 0 radical (unpaired) electrons. The molecule has 0 bridgehead atoms. The maximum atomic E-state index is 10.2. The van der Waals surface area contributed by atoms with E-state index < -0.39 is 5.97 Å². The number of carbonyl (C=O) groups is 1. The van der Waals surface area contributed by atoms with E-state index in [9.17, 15) is 4.79 Å². The van der Waals surface area contributed by atoms with Crippen molar-refractivity contribution in [2.24, 2.45) is 0 Å². The Kier molecular flexibility index (Phi) is 3.68. The largest absolute Gasteiger partial charge is 0.478 e. The average molecular weight is 151 g/mol. The van der Waals surface area contributed by atoms with E-state index in [1.165, 1.54) is 19.1 Å². The fraction of sp³-hybridized carbons (Fsp3) is 0.250. The highest BCUT2D eigenvalue weighted by atomic mass is 16.4. The number of allylic oxidation sites excluding steroid dienone is 3. The van der Waals surface area contributed by atoms with E-state index >= 15 is 0 Å². The summed E-state index contributed by atoms with van der Waals surface area (Å²) in [5.41, 5.74) is 0.713. The van der Waals surface area contributed by atoms with E-state index in [-0.39, 0.29) is 5.57 Å². The van der Waals surface area contributed by atoms with Crippen LogP contribution in [0.1, 0.15) is 13.8 Å². The van der Waals surface area contributed by atoms with Gasteiger partial charge in [-0.1, -0.05) is 6.08 Å². The van der Waals surface area contributed by atoms with E-state index in [4.69, 9.17) is 10.4 Å². The van der Waals surface area contributed by atoms with Gasteiger partial charge in [-0.05, 0) is 19.9 Å². The van der Waals surface area contributed by atoms with Gasteiger partial charge in [0, 0.05) is 11.1 Å². The summed E-state index contributed by atoms with van der Waals surface area (Å²) in [6, 6.07) is 1.88. The third kappa shape index (κ3) is 3.93. The van der Waals surface area contributed by atoms with Crippen LogP contribution in [-0.2, 0) is 4.79 Å². The molecule has 0 amide bonds. The Morgan fingerprint density at radius 1 is 1.45 bits per heavy atom.